The molecular formula is C9H21NO. The summed E-state index contributed by atoms with van der Waals surface area (Å²) in [5.41, 5.74) is 5.51. The summed E-state index contributed by atoms with van der Waals surface area (Å²) in [5, 5.41) is 0. The van der Waals surface area contributed by atoms with Gasteiger partial charge in [0.2, 0.25) is 0 Å². The Morgan fingerprint density at radius 2 is 1.91 bits per heavy atom. The summed E-state index contributed by atoms with van der Waals surface area (Å²) >= 11 is 0. The molecule has 2 heteroatoms. The Bertz CT molecular complexity index is 97.7. The molecule has 0 aromatic heterocycles. The molecule has 2 nitrogen and oxygen atoms in total. The standard InChI is InChI=1S/C9H21NO/c1-5-8(7-10)11-9(3,4)6-2/h8H,5-7,10H2,1-4H3. The van der Waals surface area contributed by atoms with E-state index >= 15 is 0 Å². The molecule has 0 aliphatic heterocycles. The van der Waals surface area contributed by atoms with E-state index in [0.29, 0.717) is 6.54 Å². The van der Waals surface area contributed by atoms with E-state index in [1.807, 2.05) is 0 Å². The lowest BCUT2D eigenvalue weighted by Crippen LogP contribution is -2.34. The predicted molar refractivity (Wildman–Crippen MR) is 48.6 cm³/mol. The number of nitrogens with two attached hydrogens (primary N) is 1. The van der Waals surface area contributed by atoms with E-state index in [1.165, 1.54) is 0 Å². The first kappa shape index (κ1) is 10.9. The first-order valence-electron chi connectivity index (χ1n) is 4.43. The van der Waals surface area contributed by atoms with Crippen LogP contribution in [0.15, 0.2) is 0 Å². The molecule has 0 spiro atoms. The molecule has 0 saturated heterocycles. The van der Waals surface area contributed by atoms with Crippen LogP contribution in [0.3, 0.4) is 0 Å². The van der Waals surface area contributed by atoms with Crippen molar-refractivity contribution in [3.05, 3.63) is 0 Å². The Labute approximate surface area is 70.1 Å². The SMILES string of the molecule is CCC(CN)OC(C)(C)CC. The number of hydrogen-bond acceptors (Lipinski definition) is 2. The normalized spacial score (nSPS) is 15.0. The highest BCUT2D eigenvalue weighted by Crippen LogP contribution is 2.16. The molecule has 0 amide bonds. The molecule has 11 heavy (non-hydrogen) atoms. The number of hydrogen-bond donors (Lipinski definition) is 1. The fraction of sp³-hybridized carbons (Fsp3) is 1.00. The zero-order valence-electron chi connectivity index (χ0n) is 8.18. The van der Waals surface area contributed by atoms with E-state index in [2.05, 4.69) is 27.7 Å². The Kier molecular flexibility index (Phi) is 4.69. The maximum atomic E-state index is 5.76. The molecule has 0 aromatic rings. The quantitative estimate of drug-likeness (QED) is 0.665. The molecule has 1 unspecified atom stereocenters. The van der Waals surface area contributed by atoms with Gasteiger partial charge < -0.3 is 10.5 Å². The molecule has 0 fully saturated rings. The van der Waals surface area contributed by atoms with Crippen LogP contribution in [-0.2, 0) is 4.74 Å². The minimum atomic E-state index is -0.0138. The minimum absolute atomic E-state index is 0.0138. The second-order valence-electron chi connectivity index (χ2n) is 3.50. The maximum absolute atomic E-state index is 5.76. The van der Waals surface area contributed by atoms with Gasteiger partial charge in [0.15, 0.2) is 0 Å². The van der Waals surface area contributed by atoms with Crippen LogP contribution in [0.2, 0.25) is 0 Å². The van der Waals surface area contributed by atoms with E-state index in [-0.39, 0.29) is 11.7 Å². The van der Waals surface area contributed by atoms with Gasteiger partial charge in [-0.3, -0.25) is 0 Å². The predicted octanol–water partition coefficient (Wildman–Crippen LogP) is 1.93. The lowest BCUT2D eigenvalue weighted by Gasteiger charge is -2.28. The van der Waals surface area contributed by atoms with Crippen LogP contribution >= 0.6 is 0 Å². The van der Waals surface area contributed by atoms with Gasteiger partial charge in [-0.25, -0.2) is 0 Å². The van der Waals surface area contributed by atoms with Crippen LogP contribution in [0.5, 0.6) is 0 Å². The van der Waals surface area contributed by atoms with Crippen LogP contribution in [0.25, 0.3) is 0 Å². The van der Waals surface area contributed by atoms with E-state index in [0.717, 1.165) is 12.8 Å². The van der Waals surface area contributed by atoms with Crippen molar-refractivity contribution < 1.29 is 4.74 Å². The van der Waals surface area contributed by atoms with Crippen molar-refractivity contribution >= 4 is 0 Å². The van der Waals surface area contributed by atoms with Gasteiger partial charge in [-0.05, 0) is 26.7 Å². The topological polar surface area (TPSA) is 35.2 Å². The van der Waals surface area contributed by atoms with Crippen LogP contribution in [0.1, 0.15) is 40.5 Å². The van der Waals surface area contributed by atoms with Crippen molar-refractivity contribution in [2.45, 2.75) is 52.2 Å². The van der Waals surface area contributed by atoms with Gasteiger partial charge >= 0.3 is 0 Å². The molecule has 1 atom stereocenters. The Morgan fingerprint density at radius 1 is 1.36 bits per heavy atom. The first-order valence-corrected chi connectivity index (χ1v) is 4.43. The average Bonchev–Trinajstić information content (AvgIpc) is 2.00. The maximum Gasteiger partial charge on any atom is 0.0701 e. The molecule has 0 bridgehead atoms. The summed E-state index contributed by atoms with van der Waals surface area (Å²) in [6.07, 6.45) is 2.26. The zero-order chi connectivity index (χ0) is 8.91. The minimum Gasteiger partial charge on any atom is -0.371 e. The molecule has 0 radical (unpaired) electrons. The molecule has 0 heterocycles. The molecule has 0 aliphatic carbocycles. The third-order valence-electron chi connectivity index (χ3n) is 2.06. The summed E-state index contributed by atoms with van der Waals surface area (Å²) in [5.74, 6) is 0. The molecule has 2 N–H and O–H groups in total. The lowest BCUT2D eigenvalue weighted by atomic mass is 10.1. The highest BCUT2D eigenvalue weighted by molar-refractivity contribution is 4.69. The van der Waals surface area contributed by atoms with Gasteiger partial charge in [0.05, 0.1) is 11.7 Å². The lowest BCUT2D eigenvalue weighted by molar-refractivity contribution is -0.0702. The highest BCUT2D eigenvalue weighted by Gasteiger charge is 2.19. The van der Waals surface area contributed by atoms with Gasteiger partial charge in [0, 0.05) is 6.54 Å². The van der Waals surface area contributed by atoms with Gasteiger partial charge in [-0.2, -0.15) is 0 Å². The first-order chi connectivity index (χ1) is 5.05. The molecule has 0 aromatic carbocycles. The second-order valence-corrected chi connectivity index (χ2v) is 3.50. The fourth-order valence-electron chi connectivity index (χ4n) is 0.833. The summed E-state index contributed by atoms with van der Waals surface area (Å²) in [7, 11) is 0. The van der Waals surface area contributed by atoms with E-state index in [1.54, 1.807) is 0 Å². The second kappa shape index (κ2) is 4.73. The van der Waals surface area contributed by atoms with Crippen molar-refractivity contribution in [1.29, 1.82) is 0 Å². The van der Waals surface area contributed by atoms with Crippen molar-refractivity contribution in [2.75, 3.05) is 6.54 Å². The Balaban J connectivity index is 3.79. The average molecular weight is 159 g/mol. The summed E-state index contributed by atoms with van der Waals surface area (Å²) in [4.78, 5) is 0. The van der Waals surface area contributed by atoms with Crippen molar-refractivity contribution in [1.82, 2.24) is 0 Å². The molecule has 0 saturated carbocycles. The third kappa shape index (κ3) is 4.38. The van der Waals surface area contributed by atoms with Gasteiger partial charge in [0.25, 0.3) is 0 Å². The van der Waals surface area contributed by atoms with Gasteiger partial charge in [-0.15, -0.1) is 0 Å². The Hall–Kier alpha value is -0.0800. The van der Waals surface area contributed by atoms with Crippen LogP contribution in [0.4, 0.5) is 0 Å². The number of ether oxygens (including phenoxy) is 1. The molecular weight excluding hydrogens is 138 g/mol. The summed E-state index contributed by atoms with van der Waals surface area (Å²) in [6.45, 7) is 9.06. The highest BCUT2D eigenvalue weighted by atomic mass is 16.5. The van der Waals surface area contributed by atoms with Crippen LogP contribution in [0, 0.1) is 0 Å². The van der Waals surface area contributed by atoms with Crippen LogP contribution in [-0.4, -0.2) is 18.2 Å². The van der Waals surface area contributed by atoms with Crippen LogP contribution < -0.4 is 5.73 Å². The van der Waals surface area contributed by atoms with Crippen molar-refractivity contribution in [2.24, 2.45) is 5.73 Å². The Morgan fingerprint density at radius 3 is 2.18 bits per heavy atom. The van der Waals surface area contributed by atoms with E-state index in [4.69, 9.17) is 10.5 Å². The largest absolute Gasteiger partial charge is 0.371 e. The van der Waals surface area contributed by atoms with E-state index < -0.39 is 0 Å². The van der Waals surface area contributed by atoms with Crippen molar-refractivity contribution in [3.8, 4) is 0 Å². The van der Waals surface area contributed by atoms with Gasteiger partial charge in [-0.1, -0.05) is 13.8 Å². The molecule has 0 rings (SSSR count). The van der Waals surface area contributed by atoms with Gasteiger partial charge in [0.1, 0.15) is 0 Å². The summed E-state index contributed by atoms with van der Waals surface area (Å²) in [6, 6.07) is 0. The smallest absolute Gasteiger partial charge is 0.0701 e. The van der Waals surface area contributed by atoms with Crippen molar-refractivity contribution in [3.63, 3.8) is 0 Å². The third-order valence-corrected chi connectivity index (χ3v) is 2.06. The fourth-order valence-corrected chi connectivity index (χ4v) is 0.833. The monoisotopic (exact) mass is 159 g/mol. The zero-order valence-corrected chi connectivity index (χ0v) is 8.18. The summed E-state index contributed by atoms with van der Waals surface area (Å²) < 4.78 is 5.76. The molecule has 68 valence electrons. The van der Waals surface area contributed by atoms with E-state index in [9.17, 15) is 0 Å². The molecule has 0 aliphatic rings. The number of rotatable bonds is 5.